The van der Waals surface area contributed by atoms with Crippen LogP contribution < -0.4 is 20.1 Å². The number of nitrogens with one attached hydrogen (secondary N) is 2. The first-order valence-electron chi connectivity index (χ1n) is 10.5. The van der Waals surface area contributed by atoms with Crippen LogP contribution in [0.2, 0.25) is 0 Å². The monoisotopic (exact) mass is 424 g/mol. The van der Waals surface area contributed by atoms with Crippen molar-refractivity contribution in [2.75, 3.05) is 51.5 Å². The van der Waals surface area contributed by atoms with Gasteiger partial charge in [-0.3, -0.25) is 20.0 Å². The van der Waals surface area contributed by atoms with E-state index in [4.69, 9.17) is 14.2 Å². The molecule has 2 N–H and O–H groups in total. The van der Waals surface area contributed by atoms with Crippen molar-refractivity contribution >= 4 is 17.6 Å². The molecule has 2 aromatic carbocycles. The van der Waals surface area contributed by atoms with Crippen LogP contribution in [0.15, 0.2) is 41.4 Å². The Morgan fingerprint density at radius 3 is 2.71 bits per heavy atom. The number of ether oxygens (including phenoxy) is 3. The summed E-state index contributed by atoms with van der Waals surface area (Å²) in [5.41, 5.74) is 3.59. The lowest BCUT2D eigenvalue weighted by atomic mass is 10.1. The molecular formula is C23H28N4O4. The van der Waals surface area contributed by atoms with Gasteiger partial charge in [0.2, 0.25) is 12.8 Å². The normalized spacial score (nSPS) is 16.3. The quantitative estimate of drug-likeness (QED) is 0.567. The highest BCUT2D eigenvalue weighted by atomic mass is 16.7. The van der Waals surface area contributed by atoms with Crippen molar-refractivity contribution in [1.29, 1.82) is 0 Å². The SMILES string of the molecule is Cc1ccc(C)c(NC(=NCCN2CCOCC2)NC(=O)c2ccc3c(c2)OCO3)c1. The molecule has 31 heavy (non-hydrogen) atoms. The minimum atomic E-state index is -0.263. The summed E-state index contributed by atoms with van der Waals surface area (Å²) in [7, 11) is 0. The van der Waals surface area contributed by atoms with Crippen LogP contribution in [-0.2, 0) is 4.74 Å². The minimum Gasteiger partial charge on any atom is -0.454 e. The molecule has 2 heterocycles. The molecule has 1 saturated heterocycles. The number of morpholine rings is 1. The molecule has 0 radical (unpaired) electrons. The van der Waals surface area contributed by atoms with Gasteiger partial charge in [-0.1, -0.05) is 12.1 Å². The molecule has 8 heteroatoms. The topological polar surface area (TPSA) is 84.4 Å². The Morgan fingerprint density at radius 1 is 1.06 bits per heavy atom. The van der Waals surface area contributed by atoms with Gasteiger partial charge in [-0.05, 0) is 49.2 Å². The largest absolute Gasteiger partial charge is 0.454 e. The van der Waals surface area contributed by atoms with Crippen LogP contribution >= 0.6 is 0 Å². The standard InChI is InChI=1S/C23H28N4O4/c1-16-3-4-17(2)19(13-16)25-23(24-7-8-27-9-11-29-12-10-27)26-22(28)18-5-6-20-21(14-18)31-15-30-20/h3-6,13-14H,7-12,15H2,1-2H3,(H2,24,25,26,28). The van der Waals surface area contributed by atoms with Gasteiger partial charge in [0, 0.05) is 30.9 Å². The summed E-state index contributed by atoms with van der Waals surface area (Å²) in [4.78, 5) is 19.9. The van der Waals surface area contributed by atoms with Gasteiger partial charge in [-0.2, -0.15) is 0 Å². The van der Waals surface area contributed by atoms with E-state index in [1.807, 2.05) is 26.0 Å². The van der Waals surface area contributed by atoms with E-state index in [2.05, 4.69) is 26.6 Å². The number of nitrogens with zero attached hydrogens (tertiary/aromatic N) is 2. The van der Waals surface area contributed by atoms with Crippen molar-refractivity contribution in [2.24, 2.45) is 4.99 Å². The van der Waals surface area contributed by atoms with Crippen molar-refractivity contribution in [3.05, 3.63) is 53.1 Å². The van der Waals surface area contributed by atoms with Crippen molar-refractivity contribution in [3.8, 4) is 11.5 Å². The molecule has 2 aromatic rings. The molecule has 8 nitrogen and oxygen atoms in total. The Kier molecular flexibility index (Phi) is 6.69. The van der Waals surface area contributed by atoms with Crippen LogP contribution in [0, 0.1) is 13.8 Å². The van der Waals surface area contributed by atoms with Crippen molar-refractivity contribution in [2.45, 2.75) is 13.8 Å². The molecule has 0 aromatic heterocycles. The predicted molar refractivity (Wildman–Crippen MR) is 119 cm³/mol. The average Bonchev–Trinajstić information content (AvgIpc) is 3.25. The maximum atomic E-state index is 12.9. The number of carbonyl (C=O) groups is 1. The number of hydrogen-bond donors (Lipinski definition) is 2. The number of fused-ring (bicyclic) bond motifs is 1. The van der Waals surface area contributed by atoms with Crippen LogP contribution in [0.25, 0.3) is 0 Å². The Balaban J connectivity index is 1.48. The van der Waals surface area contributed by atoms with E-state index in [-0.39, 0.29) is 12.7 Å². The first-order valence-corrected chi connectivity index (χ1v) is 10.5. The Morgan fingerprint density at radius 2 is 1.87 bits per heavy atom. The lowest BCUT2D eigenvalue weighted by Crippen LogP contribution is -2.39. The fraction of sp³-hybridized carbons (Fsp3) is 0.391. The average molecular weight is 425 g/mol. The second-order valence-electron chi connectivity index (χ2n) is 7.65. The highest BCUT2D eigenvalue weighted by Gasteiger charge is 2.17. The lowest BCUT2D eigenvalue weighted by molar-refractivity contribution is 0.0394. The fourth-order valence-corrected chi connectivity index (χ4v) is 3.45. The summed E-state index contributed by atoms with van der Waals surface area (Å²) in [5.74, 6) is 1.37. The zero-order valence-electron chi connectivity index (χ0n) is 17.9. The van der Waals surface area contributed by atoms with Crippen molar-refractivity contribution < 1.29 is 19.0 Å². The first-order chi connectivity index (χ1) is 15.1. The molecule has 4 rings (SSSR count). The molecule has 0 aliphatic carbocycles. The summed E-state index contributed by atoms with van der Waals surface area (Å²) in [6.07, 6.45) is 0. The molecule has 2 aliphatic rings. The Hall–Kier alpha value is -3.10. The highest BCUT2D eigenvalue weighted by molar-refractivity contribution is 6.10. The van der Waals surface area contributed by atoms with E-state index < -0.39 is 0 Å². The van der Waals surface area contributed by atoms with E-state index in [0.29, 0.717) is 29.6 Å². The lowest BCUT2D eigenvalue weighted by Gasteiger charge is -2.25. The van der Waals surface area contributed by atoms with Gasteiger partial charge in [0.05, 0.1) is 19.8 Å². The summed E-state index contributed by atoms with van der Waals surface area (Å²) >= 11 is 0. The van der Waals surface area contributed by atoms with Crippen molar-refractivity contribution in [3.63, 3.8) is 0 Å². The molecule has 0 saturated carbocycles. The van der Waals surface area contributed by atoms with Crippen LogP contribution in [0.3, 0.4) is 0 Å². The minimum absolute atomic E-state index is 0.169. The second-order valence-corrected chi connectivity index (χ2v) is 7.65. The van der Waals surface area contributed by atoms with Gasteiger partial charge in [-0.15, -0.1) is 0 Å². The number of amides is 1. The zero-order valence-corrected chi connectivity index (χ0v) is 17.9. The summed E-state index contributed by atoms with van der Waals surface area (Å²) in [6, 6.07) is 11.3. The number of aryl methyl sites for hydroxylation is 2. The van der Waals surface area contributed by atoms with Crippen LogP contribution in [0.1, 0.15) is 21.5 Å². The molecule has 1 fully saturated rings. The third-order valence-electron chi connectivity index (χ3n) is 5.30. The van der Waals surface area contributed by atoms with Crippen LogP contribution in [0.4, 0.5) is 5.69 Å². The van der Waals surface area contributed by atoms with Crippen LogP contribution in [-0.4, -0.2) is 63.0 Å². The van der Waals surface area contributed by atoms with Crippen LogP contribution in [0.5, 0.6) is 11.5 Å². The van der Waals surface area contributed by atoms with Gasteiger partial charge in [0.15, 0.2) is 11.5 Å². The second kappa shape index (κ2) is 9.80. The summed E-state index contributed by atoms with van der Waals surface area (Å²) in [6.45, 7) is 8.89. The fourth-order valence-electron chi connectivity index (χ4n) is 3.45. The van der Waals surface area contributed by atoms with E-state index in [1.54, 1.807) is 18.2 Å². The smallest absolute Gasteiger partial charge is 0.258 e. The third-order valence-corrected chi connectivity index (χ3v) is 5.30. The number of rotatable bonds is 5. The number of guanidine groups is 1. The Bertz CT molecular complexity index is 970. The highest BCUT2D eigenvalue weighted by Crippen LogP contribution is 2.32. The number of aliphatic imine (C=N–C) groups is 1. The molecule has 0 atom stereocenters. The molecule has 164 valence electrons. The molecule has 0 bridgehead atoms. The van der Waals surface area contributed by atoms with E-state index in [1.165, 1.54) is 0 Å². The molecule has 2 aliphatic heterocycles. The molecule has 1 amide bonds. The number of carbonyl (C=O) groups excluding carboxylic acids is 1. The summed E-state index contributed by atoms with van der Waals surface area (Å²) in [5, 5.41) is 6.22. The maximum absolute atomic E-state index is 12.9. The number of benzene rings is 2. The number of hydrogen-bond acceptors (Lipinski definition) is 6. The zero-order chi connectivity index (χ0) is 21.6. The summed E-state index contributed by atoms with van der Waals surface area (Å²) < 4.78 is 16.1. The van der Waals surface area contributed by atoms with Gasteiger partial charge < -0.3 is 19.5 Å². The first kappa shape index (κ1) is 21.1. The molecule has 0 unspecified atom stereocenters. The van der Waals surface area contributed by atoms with E-state index >= 15 is 0 Å². The maximum Gasteiger partial charge on any atom is 0.258 e. The van der Waals surface area contributed by atoms with E-state index in [9.17, 15) is 4.79 Å². The third kappa shape index (κ3) is 5.53. The predicted octanol–water partition coefficient (Wildman–Crippen LogP) is 2.56. The Labute approximate surface area is 182 Å². The molecule has 0 spiro atoms. The van der Waals surface area contributed by atoms with Gasteiger partial charge in [0.25, 0.3) is 5.91 Å². The van der Waals surface area contributed by atoms with Crippen molar-refractivity contribution in [1.82, 2.24) is 10.2 Å². The van der Waals surface area contributed by atoms with E-state index in [0.717, 1.165) is 49.7 Å². The van der Waals surface area contributed by atoms with Gasteiger partial charge >= 0.3 is 0 Å². The van der Waals surface area contributed by atoms with Gasteiger partial charge in [0.1, 0.15) is 0 Å². The number of anilines is 1. The van der Waals surface area contributed by atoms with Gasteiger partial charge in [-0.25, -0.2) is 0 Å². The molecular weight excluding hydrogens is 396 g/mol.